The number of hydrogen-bond donors (Lipinski definition) is 2. The molecule has 0 aliphatic heterocycles. The van der Waals surface area contributed by atoms with Crippen LogP contribution in [-0.4, -0.2) is 39.2 Å². The first-order valence-corrected chi connectivity index (χ1v) is 11.4. The van der Waals surface area contributed by atoms with Crippen LogP contribution in [0.25, 0.3) is 10.9 Å². The Bertz CT molecular complexity index is 1110. The van der Waals surface area contributed by atoms with Gasteiger partial charge in [-0.25, -0.2) is 0 Å². The van der Waals surface area contributed by atoms with Crippen LogP contribution in [0.4, 0.5) is 0 Å². The summed E-state index contributed by atoms with van der Waals surface area (Å²) in [5.74, 6) is 0.662. The van der Waals surface area contributed by atoms with Crippen LogP contribution in [0.3, 0.4) is 0 Å². The third-order valence-electron chi connectivity index (χ3n) is 6.18. The number of carbonyl (C=O) groups is 2. The fourth-order valence-electron chi connectivity index (χ4n) is 4.47. The molecular weight excluding hydrogens is 402 g/mol. The van der Waals surface area contributed by atoms with Gasteiger partial charge in [-0.15, -0.1) is 0 Å². The van der Waals surface area contributed by atoms with Crippen molar-refractivity contribution in [3.63, 3.8) is 0 Å². The van der Waals surface area contributed by atoms with Crippen LogP contribution in [0.1, 0.15) is 71.9 Å². The molecule has 7 heteroatoms. The molecule has 3 aromatic rings. The fraction of sp³-hybridized carbons (Fsp3) is 0.440. The normalized spacial score (nSPS) is 18.6. The van der Waals surface area contributed by atoms with E-state index in [1.807, 2.05) is 44.2 Å². The molecule has 32 heavy (non-hydrogen) atoms. The molecule has 2 amide bonds. The van der Waals surface area contributed by atoms with Crippen molar-refractivity contribution in [2.75, 3.05) is 6.54 Å². The lowest BCUT2D eigenvalue weighted by molar-refractivity contribution is 0.0936. The smallest absolute Gasteiger partial charge is 0.254 e. The van der Waals surface area contributed by atoms with Crippen molar-refractivity contribution >= 4 is 22.7 Å². The van der Waals surface area contributed by atoms with Gasteiger partial charge in [-0.05, 0) is 57.6 Å². The predicted molar refractivity (Wildman–Crippen MR) is 125 cm³/mol. The van der Waals surface area contributed by atoms with Crippen molar-refractivity contribution in [3.8, 4) is 0 Å². The Balaban J connectivity index is 1.42. The first-order valence-electron chi connectivity index (χ1n) is 11.4. The van der Waals surface area contributed by atoms with E-state index in [2.05, 4.69) is 15.7 Å². The summed E-state index contributed by atoms with van der Waals surface area (Å²) in [4.78, 5) is 30.0. The Kier molecular flexibility index (Phi) is 6.53. The van der Waals surface area contributed by atoms with E-state index in [4.69, 9.17) is 4.98 Å². The first kappa shape index (κ1) is 22.0. The lowest BCUT2D eigenvalue weighted by Gasteiger charge is -2.28. The van der Waals surface area contributed by atoms with Gasteiger partial charge in [0.1, 0.15) is 0 Å². The molecule has 1 aliphatic rings. The molecule has 2 aromatic heterocycles. The van der Waals surface area contributed by atoms with E-state index in [0.29, 0.717) is 29.5 Å². The van der Waals surface area contributed by atoms with Crippen LogP contribution in [0.5, 0.6) is 0 Å². The average Bonchev–Trinajstić information content (AvgIpc) is 3.23. The van der Waals surface area contributed by atoms with Crippen LogP contribution in [0.15, 0.2) is 42.7 Å². The molecule has 2 N–H and O–H groups in total. The highest BCUT2D eigenvalue weighted by Crippen LogP contribution is 2.36. The van der Waals surface area contributed by atoms with Crippen molar-refractivity contribution in [1.29, 1.82) is 0 Å². The summed E-state index contributed by atoms with van der Waals surface area (Å²) in [7, 11) is 1.80. The lowest BCUT2D eigenvalue weighted by atomic mass is 9.80. The van der Waals surface area contributed by atoms with E-state index in [0.717, 1.165) is 42.3 Å². The number of fused-ring (bicyclic) bond motifs is 1. The largest absolute Gasteiger partial charge is 0.352 e. The number of hydrogen-bond acceptors (Lipinski definition) is 4. The number of pyridine rings is 1. The Hall–Kier alpha value is -3.22. The van der Waals surface area contributed by atoms with Gasteiger partial charge in [-0.3, -0.25) is 19.3 Å². The number of para-hydroxylation sites is 1. The summed E-state index contributed by atoms with van der Waals surface area (Å²) in [6.07, 6.45) is 7.38. The SMILES string of the molecule is CC(C)NC(=O)c1cc(C2CCC(CNC(=O)c3cnn(C)c3)CC2)nc2ccccc12. The van der Waals surface area contributed by atoms with Crippen LogP contribution in [0, 0.1) is 5.92 Å². The summed E-state index contributed by atoms with van der Waals surface area (Å²) >= 11 is 0. The highest BCUT2D eigenvalue weighted by Gasteiger charge is 2.25. The lowest BCUT2D eigenvalue weighted by Crippen LogP contribution is -2.31. The molecule has 0 atom stereocenters. The summed E-state index contributed by atoms with van der Waals surface area (Å²) in [6, 6.07) is 9.91. The number of nitrogens with zero attached hydrogens (tertiary/aromatic N) is 3. The molecule has 1 fully saturated rings. The van der Waals surface area contributed by atoms with Gasteiger partial charge in [-0.2, -0.15) is 5.10 Å². The van der Waals surface area contributed by atoms with E-state index in [9.17, 15) is 9.59 Å². The molecule has 0 spiro atoms. The van der Waals surface area contributed by atoms with E-state index in [-0.39, 0.29) is 17.9 Å². The van der Waals surface area contributed by atoms with Gasteiger partial charge in [0.25, 0.3) is 11.8 Å². The van der Waals surface area contributed by atoms with Crippen molar-refractivity contribution in [1.82, 2.24) is 25.4 Å². The molecule has 1 aliphatic carbocycles. The third-order valence-corrected chi connectivity index (χ3v) is 6.18. The Morgan fingerprint density at radius 2 is 1.88 bits per heavy atom. The standard InChI is InChI=1S/C25H31N5O2/c1-16(2)28-25(32)21-12-23(29-22-7-5-4-6-20(21)22)18-10-8-17(9-11-18)13-26-24(31)19-14-27-30(3)15-19/h4-7,12,14-18H,8-11,13H2,1-3H3,(H,26,31)(H,28,32). The monoisotopic (exact) mass is 433 g/mol. The van der Waals surface area contributed by atoms with Gasteiger partial charge < -0.3 is 10.6 Å². The molecule has 2 heterocycles. The van der Waals surface area contributed by atoms with Gasteiger partial charge in [0.2, 0.25) is 0 Å². The maximum atomic E-state index is 12.8. The fourth-order valence-corrected chi connectivity index (χ4v) is 4.47. The maximum absolute atomic E-state index is 12.8. The van der Waals surface area contributed by atoms with Gasteiger partial charge >= 0.3 is 0 Å². The zero-order valence-corrected chi connectivity index (χ0v) is 19.0. The number of amides is 2. The van der Waals surface area contributed by atoms with Crippen LogP contribution in [-0.2, 0) is 7.05 Å². The van der Waals surface area contributed by atoms with Gasteiger partial charge in [-0.1, -0.05) is 18.2 Å². The minimum absolute atomic E-state index is 0.0494. The summed E-state index contributed by atoms with van der Waals surface area (Å²) < 4.78 is 1.63. The second kappa shape index (κ2) is 9.51. The van der Waals surface area contributed by atoms with Crippen molar-refractivity contribution in [2.24, 2.45) is 13.0 Å². The Morgan fingerprint density at radius 3 is 2.56 bits per heavy atom. The minimum atomic E-state index is -0.0720. The second-order valence-corrected chi connectivity index (χ2v) is 9.07. The van der Waals surface area contributed by atoms with Crippen molar-refractivity contribution < 1.29 is 9.59 Å². The average molecular weight is 434 g/mol. The molecule has 4 rings (SSSR count). The molecule has 0 bridgehead atoms. The van der Waals surface area contributed by atoms with E-state index >= 15 is 0 Å². The molecule has 168 valence electrons. The first-order chi connectivity index (χ1) is 15.4. The van der Waals surface area contributed by atoms with Gasteiger partial charge in [0, 0.05) is 42.8 Å². The van der Waals surface area contributed by atoms with E-state index in [1.54, 1.807) is 24.1 Å². The number of nitrogens with one attached hydrogen (secondary N) is 2. The Morgan fingerprint density at radius 1 is 1.12 bits per heavy atom. The summed E-state index contributed by atoms with van der Waals surface area (Å²) in [5, 5.41) is 11.0. The number of rotatable bonds is 6. The van der Waals surface area contributed by atoms with Crippen LogP contribution < -0.4 is 10.6 Å². The predicted octanol–water partition coefficient (Wildman–Crippen LogP) is 3.81. The van der Waals surface area contributed by atoms with Gasteiger partial charge in [0.05, 0.1) is 22.8 Å². The Labute approximate surface area is 188 Å². The quantitative estimate of drug-likeness (QED) is 0.619. The zero-order valence-electron chi connectivity index (χ0n) is 19.0. The molecule has 1 aromatic carbocycles. The highest BCUT2D eigenvalue weighted by atomic mass is 16.2. The van der Waals surface area contributed by atoms with Gasteiger partial charge in [0.15, 0.2) is 0 Å². The number of aryl methyl sites for hydroxylation is 1. The molecule has 1 saturated carbocycles. The number of carbonyl (C=O) groups excluding carboxylic acids is 2. The molecular formula is C25H31N5O2. The minimum Gasteiger partial charge on any atom is -0.352 e. The van der Waals surface area contributed by atoms with Crippen LogP contribution in [0.2, 0.25) is 0 Å². The molecule has 0 saturated heterocycles. The second-order valence-electron chi connectivity index (χ2n) is 9.07. The van der Waals surface area contributed by atoms with Crippen molar-refractivity contribution in [3.05, 3.63) is 59.5 Å². The van der Waals surface area contributed by atoms with Crippen LogP contribution >= 0.6 is 0 Å². The maximum Gasteiger partial charge on any atom is 0.254 e. The molecule has 0 unspecified atom stereocenters. The van der Waals surface area contributed by atoms with E-state index in [1.165, 1.54) is 0 Å². The summed E-state index contributed by atoms with van der Waals surface area (Å²) in [5.41, 5.74) is 3.15. The number of benzene rings is 1. The zero-order chi connectivity index (χ0) is 22.7. The van der Waals surface area contributed by atoms with E-state index < -0.39 is 0 Å². The molecule has 7 nitrogen and oxygen atoms in total. The molecule has 0 radical (unpaired) electrons. The van der Waals surface area contributed by atoms with Crippen molar-refractivity contribution in [2.45, 2.75) is 51.5 Å². The number of aromatic nitrogens is 3. The highest BCUT2D eigenvalue weighted by molar-refractivity contribution is 6.06. The topological polar surface area (TPSA) is 88.9 Å². The third kappa shape index (κ3) is 4.98. The summed E-state index contributed by atoms with van der Waals surface area (Å²) in [6.45, 7) is 4.61.